The van der Waals surface area contributed by atoms with Gasteiger partial charge in [0.15, 0.2) is 0 Å². The Morgan fingerprint density at radius 3 is 2.30 bits per heavy atom. The average Bonchev–Trinajstić information content (AvgIpc) is 2.49. The zero-order chi connectivity index (χ0) is 14.6. The third kappa shape index (κ3) is 6.26. The van der Waals surface area contributed by atoms with Gasteiger partial charge in [0.2, 0.25) is 0 Å². The number of ether oxygens (including phenoxy) is 2. The summed E-state index contributed by atoms with van der Waals surface area (Å²) in [5.41, 5.74) is 2.45. The number of hydrogen-bond donors (Lipinski definition) is 1. The molecule has 1 rings (SSSR count). The molecule has 0 unspecified atom stereocenters. The number of nitrogens with zero attached hydrogens (tertiary/aromatic N) is 1. The predicted octanol–water partition coefficient (Wildman–Crippen LogP) is 3.00. The Morgan fingerprint density at radius 2 is 1.70 bits per heavy atom. The van der Waals surface area contributed by atoms with Crippen molar-refractivity contribution in [3.05, 3.63) is 24.3 Å². The Labute approximate surface area is 123 Å². The summed E-state index contributed by atoms with van der Waals surface area (Å²) in [6.45, 7) is 9.49. The molecule has 20 heavy (non-hydrogen) atoms. The van der Waals surface area contributed by atoms with Crippen molar-refractivity contribution in [3.63, 3.8) is 0 Å². The van der Waals surface area contributed by atoms with Gasteiger partial charge in [0, 0.05) is 44.7 Å². The fraction of sp³-hybridized carbons (Fsp3) is 0.625. The van der Waals surface area contributed by atoms with Gasteiger partial charge in [-0.2, -0.15) is 0 Å². The second-order valence-electron chi connectivity index (χ2n) is 4.60. The van der Waals surface area contributed by atoms with Crippen molar-refractivity contribution in [1.82, 2.24) is 0 Å². The molecule has 0 saturated heterocycles. The van der Waals surface area contributed by atoms with Crippen LogP contribution in [0.3, 0.4) is 0 Å². The summed E-state index contributed by atoms with van der Waals surface area (Å²) in [5.74, 6) is 0. The summed E-state index contributed by atoms with van der Waals surface area (Å²) in [4.78, 5) is 2.34. The third-order valence-electron chi connectivity index (χ3n) is 3.22. The van der Waals surface area contributed by atoms with Crippen molar-refractivity contribution in [3.8, 4) is 0 Å². The van der Waals surface area contributed by atoms with Crippen molar-refractivity contribution in [1.29, 1.82) is 0 Å². The molecular formula is C16H28N2O2. The summed E-state index contributed by atoms with van der Waals surface area (Å²) in [6, 6.07) is 8.62. The highest BCUT2D eigenvalue weighted by molar-refractivity contribution is 5.54. The number of rotatable bonds is 11. The van der Waals surface area contributed by atoms with E-state index in [0.717, 1.165) is 38.3 Å². The molecule has 0 aliphatic rings. The van der Waals surface area contributed by atoms with E-state index < -0.39 is 0 Å². The largest absolute Gasteiger partial charge is 0.385 e. The minimum atomic E-state index is 0.667. The lowest BCUT2D eigenvalue weighted by atomic mass is 10.2. The minimum Gasteiger partial charge on any atom is -0.385 e. The van der Waals surface area contributed by atoms with Crippen LogP contribution < -0.4 is 10.2 Å². The second kappa shape index (κ2) is 10.5. The standard InChI is InChI=1S/C16H28N2O2/c1-4-18(5-2)16-9-7-15(8-10-16)17-11-6-12-20-14-13-19-3/h7-10,17H,4-6,11-14H2,1-3H3. The van der Waals surface area contributed by atoms with Crippen LogP contribution in [0.2, 0.25) is 0 Å². The first-order valence-electron chi connectivity index (χ1n) is 7.47. The fourth-order valence-electron chi connectivity index (χ4n) is 2.03. The van der Waals surface area contributed by atoms with E-state index >= 15 is 0 Å². The number of nitrogens with one attached hydrogen (secondary N) is 1. The molecule has 0 atom stereocenters. The molecule has 0 fully saturated rings. The van der Waals surface area contributed by atoms with Crippen LogP contribution >= 0.6 is 0 Å². The van der Waals surface area contributed by atoms with Crippen LogP contribution in [0, 0.1) is 0 Å². The normalized spacial score (nSPS) is 10.6. The quantitative estimate of drug-likeness (QED) is 0.632. The molecule has 0 saturated carbocycles. The molecule has 0 bridgehead atoms. The van der Waals surface area contributed by atoms with E-state index in [4.69, 9.17) is 9.47 Å². The van der Waals surface area contributed by atoms with Crippen molar-refractivity contribution in [2.45, 2.75) is 20.3 Å². The highest BCUT2D eigenvalue weighted by Crippen LogP contribution is 2.17. The smallest absolute Gasteiger partial charge is 0.0700 e. The molecule has 0 spiro atoms. The second-order valence-corrected chi connectivity index (χ2v) is 4.60. The molecule has 0 aliphatic carbocycles. The maximum absolute atomic E-state index is 5.42. The van der Waals surface area contributed by atoms with Gasteiger partial charge in [-0.05, 0) is 44.5 Å². The van der Waals surface area contributed by atoms with Crippen LogP contribution in [0.15, 0.2) is 24.3 Å². The van der Waals surface area contributed by atoms with Crippen molar-refractivity contribution in [2.75, 3.05) is 56.8 Å². The molecule has 1 aromatic carbocycles. The van der Waals surface area contributed by atoms with Crippen LogP contribution in [-0.2, 0) is 9.47 Å². The highest BCUT2D eigenvalue weighted by atomic mass is 16.5. The number of hydrogen-bond acceptors (Lipinski definition) is 4. The Hall–Kier alpha value is -1.26. The lowest BCUT2D eigenvalue weighted by molar-refractivity contribution is 0.0705. The molecule has 0 aromatic heterocycles. The van der Waals surface area contributed by atoms with E-state index in [-0.39, 0.29) is 0 Å². The van der Waals surface area contributed by atoms with E-state index in [1.54, 1.807) is 7.11 Å². The van der Waals surface area contributed by atoms with Crippen LogP contribution in [-0.4, -0.2) is 46.6 Å². The van der Waals surface area contributed by atoms with Gasteiger partial charge in [-0.15, -0.1) is 0 Å². The van der Waals surface area contributed by atoms with Gasteiger partial charge >= 0.3 is 0 Å². The van der Waals surface area contributed by atoms with Crippen molar-refractivity contribution in [2.24, 2.45) is 0 Å². The maximum Gasteiger partial charge on any atom is 0.0700 e. The van der Waals surface area contributed by atoms with Gasteiger partial charge < -0.3 is 19.7 Å². The first-order chi connectivity index (χ1) is 9.81. The molecule has 0 heterocycles. The lowest BCUT2D eigenvalue weighted by Crippen LogP contribution is -2.21. The summed E-state index contributed by atoms with van der Waals surface area (Å²) in [6.07, 6.45) is 1.00. The first kappa shape index (κ1) is 16.8. The number of methoxy groups -OCH3 is 1. The van der Waals surface area contributed by atoms with Gasteiger partial charge in [-0.1, -0.05) is 0 Å². The fourth-order valence-corrected chi connectivity index (χ4v) is 2.03. The Balaban J connectivity index is 2.21. The summed E-state index contributed by atoms with van der Waals surface area (Å²) in [5, 5.41) is 3.41. The van der Waals surface area contributed by atoms with Crippen LogP contribution in [0.5, 0.6) is 0 Å². The van der Waals surface area contributed by atoms with Crippen molar-refractivity contribution < 1.29 is 9.47 Å². The third-order valence-corrected chi connectivity index (χ3v) is 3.22. The zero-order valence-corrected chi connectivity index (χ0v) is 13.0. The monoisotopic (exact) mass is 280 g/mol. The van der Waals surface area contributed by atoms with E-state index in [2.05, 4.69) is 48.3 Å². The average molecular weight is 280 g/mol. The minimum absolute atomic E-state index is 0.667. The van der Waals surface area contributed by atoms with E-state index in [1.165, 1.54) is 5.69 Å². The molecule has 4 nitrogen and oxygen atoms in total. The molecule has 0 radical (unpaired) electrons. The summed E-state index contributed by atoms with van der Waals surface area (Å²) < 4.78 is 10.3. The molecule has 0 aliphatic heterocycles. The van der Waals surface area contributed by atoms with E-state index in [9.17, 15) is 0 Å². The van der Waals surface area contributed by atoms with Crippen LogP contribution in [0.1, 0.15) is 20.3 Å². The molecule has 1 N–H and O–H groups in total. The SMILES string of the molecule is CCN(CC)c1ccc(NCCCOCCOC)cc1. The van der Waals surface area contributed by atoms with Gasteiger partial charge in [-0.3, -0.25) is 0 Å². The van der Waals surface area contributed by atoms with Gasteiger partial charge in [0.05, 0.1) is 13.2 Å². The van der Waals surface area contributed by atoms with E-state index in [0.29, 0.717) is 13.2 Å². The van der Waals surface area contributed by atoms with E-state index in [1.807, 2.05) is 0 Å². The highest BCUT2D eigenvalue weighted by Gasteiger charge is 2.00. The van der Waals surface area contributed by atoms with Crippen LogP contribution in [0.4, 0.5) is 11.4 Å². The molecule has 114 valence electrons. The first-order valence-corrected chi connectivity index (χ1v) is 7.47. The maximum atomic E-state index is 5.42. The summed E-state index contributed by atoms with van der Waals surface area (Å²) >= 11 is 0. The Kier molecular flexibility index (Phi) is 8.83. The molecular weight excluding hydrogens is 252 g/mol. The Morgan fingerprint density at radius 1 is 1.00 bits per heavy atom. The topological polar surface area (TPSA) is 33.7 Å². The lowest BCUT2D eigenvalue weighted by Gasteiger charge is -2.21. The van der Waals surface area contributed by atoms with Gasteiger partial charge in [0.25, 0.3) is 0 Å². The summed E-state index contributed by atoms with van der Waals surface area (Å²) in [7, 11) is 1.69. The molecule has 1 aromatic rings. The molecule has 0 amide bonds. The van der Waals surface area contributed by atoms with Gasteiger partial charge in [-0.25, -0.2) is 0 Å². The van der Waals surface area contributed by atoms with Crippen LogP contribution in [0.25, 0.3) is 0 Å². The Bertz CT molecular complexity index is 337. The predicted molar refractivity (Wildman–Crippen MR) is 85.8 cm³/mol. The molecule has 4 heteroatoms. The van der Waals surface area contributed by atoms with Gasteiger partial charge in [0.1, 0.15) is 0 Å². The number of benzene rings is 1. The van der Waals surface area contributed by atoms with Crippen molar-refractivity contribution >= 4 is 11.4 Å². The zero-order valence-electron chi connectivity index (χ0n) is 13.0. The number of anilines is 2.